The van der Waals surface area contributed by atoms with Crippen molar-refractivity contribution < 1.29 is 9.32 Å². The average molecular weight is 541 g/mol. The summed E-state index contributed by atoms with van der Waals surface area (Å²) < 4.78 is 5.53. The molecule has 208 valence electrons. The number of carbonyl (C=O) groups excluding carboxylic acids is 1. The molecule has 0 unspecified atom stereocenters. The molecule has 1 saturated heterocycles. The van der Waals surface area contributed by atoms with E-state index in [-0.39, 0.29) is 5.78 Å². The number of hydrogen-bond donors (Lipinski definition) is 2. The third kappa shape index (κ3) is 6.81. The molecule has 40 heavy (non-hydrogen) atoms. The van der Waals surface area contributed by atoms with Crippen LogP contribution in [0.15, 0.2) is 63.6 Å². The second-order valence-electron chi connectivity index (χ2n) is 10.9. The Kier molecular flexibility index (Phi) is 7.97. The van der Waals surface area contributed by atoms with Crippen molar-refractivity contribution in [1.29, 1.82) is 0 Å². The van der Waals surface area contributed by atoms with Gasteiger partial charge in [-0.15, -0.1) is 0 Å². The van der Waals surface area contributed by atoms with Crippen LogP contribution in [0, 0.1) is 5.92 Å². The zero-order chi connectivity index (χ0) is 27.3. The largest absolute Gasteiger partial charge is 0.359 e. The van der Waals surface area contributed by atoms with E-state index in [0.717, 1.165) is 62.8 Å². The predicted molar refractivity (Wildman–Crippen MR) is 156 cm³/mol. The van der Waals surface area contributed by atoms with Crippen molar-refractivity contribution in [3.8, 4) is 11.3 Å². The second-order valence-corrected chi connectivity index (χ2v) is 10.9. The van der Waals surface area contributed by atoms with Crippen LogP contribution in [-0.2, 0) is 6.54 Å². The molecule has 2 N–H and O–H groups in total. The Morgan fingerprint density at radius 3 is 2.70 bits per heavy atom. The van der Waals surface area contributed by atoms with Gasteiger partial charge in [0.05, 0.1) is 13.1 Å². The highest BCUT2D eigenvalue weighted by molar-refractivity contribution is 6.06. The number of piperazine rings is 1. The number of amidine groups is 1. The van der Waals surface area contributed by atoms with E-state index in [1.807, 2.05) is 36.4 Å². The molecule has 2 aromatic heterocycles. The maximum absolute atomic E-state index is 13.2. The second kappa shape index (κ2) is 12.1. The van der Waals surface area contributed by atoms with E-state index < -0.39 is 0 Å². The summed E-state index contributed by atoms with van der Waals surface area (Å²) in [4.78, 5) is 31.8. The monoisotopic (exact) mass is 540 g/mol. The summed E-state index contributed by atoms with van der Waals surface area (Å²) >= 11 is 0. The van der Waals surface area contributed by atoms with Crippen molar-refractivity contribution in [3.63, 3.8) is 0 Å². The quantitative estimate of drug-likeness (QED) is 0.347. The van der Waals surface area contributed by atoms with Crippen molar-refractivity contribution in [2.24, 2.45) is 10.9 Å². The molecule has 3 aromatic rings. The van der Waals surface area contributed by atoms with Gasteiger partial charge in [0, 0.05) is 50.3 Å². The van der Waals surface area contributed by atoms with Crippen LogP contribution in [0.4, 0.5) is 11.8 Å². The predicted octanol–water partition coefficient (Wildman–Crippen LogP) is 4.11. The zero-order valence-corrected chi connectivity index (χ0v) is 23.0. The van der Waals surface area contributed by atoms with Crippen molar-refractivity contribution in [2.75, 3.05) is 56.9 Å². The SMILES string of the molecule is CN1CCN(CCCC(=O)c2cc(NC3=NCC(C4CC4)=C3)nc(NCc3cc(-c4ccccc4)no3)n2)CC1. The van der Waals surface area contributed by atoms with Crippen molar-refractivity contribution >= 4 is 23.4 Å². The van der Waals surface area contributed by atoms with Crippen molar-refractivity contribution in [1.82, 2.24) is 24.9 Å². The maximum atomic E-state index is 13.2. The normalized spacial score (nSPS) is 17.9. The summed E-state index contributed by atoms with van der Waals surface area (Å²) in [5.74, 6) is 3.02. The van der Waals surface area contributed by atoms with Crippen molar-refractivity contribution in [3.05, 3.63) is 65.6 Å². The van der Waals surface area contributed by atoms with E-state index in [1.54, 1.807) is 6.07 Å². The molecule has 0 spiro atoms. The molecule has 10 heteroatoms. The van der Waals surface area contributed by atoms with Gasteiger partial charge in [-0.1, -0.05) is 35.5 Å². The molecular weight excluding hydrogens is 504 g/mol. The molecular formula is C30H36N8O2. The first-order chi connectivity index (χ1) is 19.6. The van der Waals surface area contributed by atoms with Crippen LogP contribution in [0.2, 0.25) is 0 Å². The molecule has 4 heterocycles. The smallest absolute Gasteiger partial charge is 0.225 e. The van der Waals surface area contributed by atoms with Crippen LogP contribution in [0.5, 0.6) is 0 Å². The number of hydrogen-bond acceptors (Lipinski definition) is 10. The Morgan fingerprint density at radius 2 is 1.90 bits per heavy atom. The summed E-state index contributed by atoms with van der Waals surface area (Å²) in [7, 11) is 2.15. The molecule has 0 atom stereocenters. The molecule has 6 rings (SSSR count). The van der Waals surface area contributed by atoms with Gasteiger partial charge in [-0.2, -0.15) is 4.98 Å². The number of nitrogens with zero attached hydrogens (tertiary/aromatic N) is 6. The third-order valence-corrected chi connectivity index (χ3v) is 7.65. The minimum atomic E-state index is 0.0104. The minimum Gasteiger partial charge on any atom is -0.359 e. The summed E-state index contributed by atoms with van der Waals surface area (Å²) in [5, 5.41) is 10.7. The Hall–Kier alpha value is -3.89. The molecule has 0 radical (unpaired) electrons. The van der Waals surface area contributed by atoms with Crippen LogP contribution in [0.3, 0.4) is 0 Å². The number of benzene rings is 1. The minimum absolute atomic E-state index is 0.0104. The number of likely N-dealkylation sites (N-methyl/N-ethyl adjacent to an activating group) is 1. The van der Waals surface area contributed by atoms with Crippen molar-refractivity contribution in [2.45, 2.75) is 32.2 Å². The molecule has 10 nitrogen and oxygen atoms in total. The number of Topliss-reactive ketones (excluding diaryl/α,β-unsaturated/α-hetero) is 1. The van der Waals surface area contributed by atoms with Gasteiger partial charge in [-0.25, -0.2) is 4.98 Å². The molecule has 0 bridgehead atoms. The van der Waals surface area contributed by atoms with E-state index in [1.165, 1.54) is 18.4 Å². The number of ketones is 1. The fraction of sp³-hybridized carbons (Fsp3) is 0.433. The molecule has 0 amide bonds. The van der Waals surface area contributed by atoms with E-state index in [4.69, 9.17) is 4.52 Å². The number of aromatic nitrogens is 3. The lowest BCUT2D eigenvalue weighted by Crippen LogP contribution is -2.44. The van der Waals surface area contributed by atoms with Gasteiger partial charge < -0.3 is 25.0 Å². The maximum Gasteiger partial charge on any atom is 0.225 e. The number of rotatable bonds is 11. The van der Waals surface area contributed by atoms with Gasteiger partial charge in [-0.05, 0) is 50.4 Å². The number of aliphatic imine (C=N–C) groups is 1. The summed E-state index contributed by atoms with van der Waals surface area (Å²) in [6.07, 6.45) is 5.85. The van der Waals surface area contributed by atoms with Crippen LogP contribution < -0.4 is 10.6 Å². The number of anilines is 2. The highest BCUT2D eigenvalue weighted by Gasteiger charge is 2.28. The molecule has 1 aliphatic carbocycles. The lowest BCUT2D eigenvalue weighted by atomic mass is 10.1. The van der Waals surface area contributed by atoms with Gasteiger partial charge in [0.25, 0.3) is 0 Å². The van der Waals surface area contributed by atoms with E-state index in [0.29, 0.717) is 42.1 Å². The molecule has 1 saturated carbocycles. The first kappa shape index (κ1) is 26.3. The van der Waals surface area contributed by atoms with Gasteiger partial charge in [0.2, 0.25) is 5.95 Å². The van der Waals surface area contributed by atoms with Gasteiger partial charge >= 0.3 is 0 Å². The summed E-state index contributed by atoms with van der Waals surface area (Å²) in [5.41, 5.74) is 3.52. The van der Waals surface area contributed by atoms with E-state index in [2.05, 4.69) is 53.7 Å². The number of carbonyl (C=O) groups is 1. The standard InChI is InChI=1S/C30H36N8O2/c1-37-12-14-38(15-13-37)11-5-8-27(39)26-18-29(34-28-16-23(19-31-28)21-9-10-21)35-30(33-26)32-20-24-17-25(36-40-24)22-6-3-2-4-7-22/h2-4,6-7,16-18,21H,5,8-15,19-20H2,1H3,(H2,31,32,33,34,35). The van der Waals surface area contributed by atoms with Crippen LogP contribution in [0.25, 0.3) is 11.3 Å². The summed E-state index contributed by atoms with van der Waals surface area (Å²) in [6, 6.07) is 13.5. The molecule has 2 fully saturated rings. The van der Waals surface area contributed by atoms with Crippen LogP contribution >= 0.6 is 0 Å². The first-order valence-electron chi connectivity index (χ1n) is 14.2. The molecule has 2 aliphatic heterocycles. The molecule has 1 aromatic carbocycles. The van der Waals surface area contributed by atoms with Gasteiger partial charge in [0.15, 0.2) is 11.5 Å². The van der Waals surface area contributed by atoms with Crippen LogP contribution in [-0.4, -0.2) is 82.9 Å². The van der Waals surface area contributed by atoms with Gasteiger partial charge in [-0.3, -0.25) is 9.79 Å². The highest BCUT2D eigenvalue weighted by Crippen LogP contribution is 2.37. The number of nitrogens with one attached hydrogen (secondary N) is 2. The average Bonchev–Trinajstić information content (AvgIpc) is 3.53. The lowest BCUT2D eigenvalue weighted by Gasteiger charge is -2.32. The fourth-order valence-electron chi connectivity index (χ4n) is 5.05. The third-order valence-electron chi connectivity index (χ3n) is 7.65. The Bertz CT molecular complexity index is 1390. The van der Waals surface area contributed by atoms with Crippen LogP contribution in [0.1, 0.15) is 41.9 Å². The summed E-state index contributed by atoms with van der Waals surface area (Å²) in [6.45, 7) is 6.23. The Morgan fingerprint density at radius 1 is 1.07 bits per heavy atom. The highest BCUT2D eigenvalue weighted by atomic mass is 16.5. The fourth-order valence-corrected chi connectivity index (χ4v) is 5.05. The van der Waals surface area contributed by atoms with E-state index >= 15 is 0 Å². The lowest BCUT2D eigenvalue weighted by molar-refractivity contribution is 0.0962. The Labute approximate surface area is 234 Å². The topological polar surface area (TPSA) is 112 Å². The Balaban J connectivity index is 1.13. The van der Waals surface area contributed by atoms with E-state index in [9.17, 15) is 4.79 Å². The van der Waals surface area contributed by atoms with Gasteiger partial charge in [0.1, 0.15) is 23.0 Å². The zero-order valence-electron chi connectivity index (χ0n) is 23.0. The molecule has 3 aliphatic rings. The first-order valence-corrected chi connectivity index (χ1v) is 14.2.